The summed E-state index contributed by atoms with van der Waals surface area (Å²) in [5.41, 5.74) is 4.16. The molecular formula is C23H24N2O2S. The molecule has 3 aromatic rings. The zero-order valence-corrected chi connectivity index (χ0v) is 17.4. The van der Waals surface area contributed by atoms with Crippen molar-refractivity contribution in [3.8, 4) is 11.5 Å². The van der Waals surface area contributed by atoms with Crippen LogP contribution in [0.2, 0.25) is 0 Å². The number of nitrogens with zero attached hydrogens (tertiary/aromatic N) is 1. The van der Waals surface area contributed by atoms with Gasteiger partial charge in [0.2, 0.25) is 0 Å². The molecule has 0 radical (unpaired) electrons. The van der Waals surface area contributed by atoms with Gasteiger partial charge in [-0.3, -0.25) is 4.98 Å². The number of aromatic nitrogens is 1. The lowest BCUT2D eigenvalue weighted by Gasteiger charge is -2.38. The van der Waals surface area contributed by atoms with Crippen LogP contribution in [0.25, 0.3) is 10.8 Å². The fourth-order valence-electron chi connectivity index (χ4n) is 3.89. The highest BCUT2D eigenvalue weighted by atomic mass is 32.1. The van der Waals surface area contributed by atoms with Crippen molar-refractivity contribution in [2.24, 2.45) is 0 Å². The third-order valence-electron chi connectivity index (χ3n) is 5.93. The molecule has 2 heterocycles. The van der Waals surface area contributed by atoms with E-state index in [0.29, 0.717) is 10.7 Å². The average molecular weight is 393 g/mol. The number of hydrogen-bond acceptors (Lipinski definition) is 4. The maximum absolute atomic E-state index is 10.4. The first-order valence-corrected chi connectivity index (χ1v) is 9.87. The lowest BCUT2D eigenvalue weighted by atomic mass is 9.87. The van der Waals surface area contributed by atoms with Crippen molar-refractivity contribution < 1.29 is 9.84 Å². The number of fused-ring (bicyclic) bond motifs is 2. The fourth-order valence-corrected chi connectivity index (χ4v) is 4.15. The van der Waals surface area contributed by atoms with Crippen LogP contribution in [0.15, 0.2) is 36.7 Å². The topological polar surface area (TPSA) is 54.4 Å². The van der Waals surface area contributed by atoms with Gasteiger partial charge in [0.15, 0.2) is 5.60 Å². The number of anilines is 1. The van der Waals surface area contributed by atoms with Crippen molar-refractivity contribution in [3.63, 3.8) is 0 Å². The van der Waals surface area contributed by atoms with Gasteiger partial charge in [-0.05, 0) is 69.4 Å². The molecule has 1 aliphatic rings. The van der Waals surface area contributed by atoms with E-state index in [1.807, 2.05) is 58.2 Å². The Morgan fingerprint density at radius 3 is 2.75 bits per heavy atom. The van der Waals surface area contributed by atoms with E-state index in [2.05, 4.69) is 10.3 Å². The van der Waals surface area contributed by atoms with Crippen LogP contribution < -0.4 is 10.1 Å². The summed E-state index contributed by atoms with van der Waals surface area (Å²) in [6.45, 7) is 7.91. The van der Waals surface area contributed by atoms with E-state index < -0.39 is 5.60 Å². The standard InChI is InChI=1S/C23H24N2O2S/c1-13-14(2)21-17(15(3)20(13)26)8-10-23(4,27-21)22(28)25-19-7-5-6-16-12-24-11-9-18(16)19/h5-7,9,11-12,26H,8,10H2,1-4H3,(H,25,28). The maximum atomic E-state index is 10.4. The van der Waals surface area contributed by atoms with Crippen LogP contribution >= 0.6 is 12.2 Å². The Hall–Kier alpha value is -2.66. The van der Waals surface area contributed by atoms with E-state index in [0.717, 1.165) is 57.3 Å². The van der Waals surface area contributed by atoms with Crippen molar-refractivity contribution in [1.82, 2.24) is 4.98 Å². The molecule has 1 atom stereocenters. The van der Waals surface area contributed by atoms with Gasteiger partial charge in [0.25, 0.3) is 0 Å². The average Bonchev–Trinajstić information content (AvgIpc) is 2.71. The van der Waals surface area contributed by atoms with Crippen LogP contribution in [-0.2, 0) is 6.42 Å². The summed E-state index contributed by atoms with van der Waals surface area (Å²) in [6, 6.07) is 8.03. The number of benzene rings is 2. The normalized spacial score (nSPS) is 18.4. The fraction of sp³-hybridized carbons (Fsp3) is 0.304. The minimum absolute atomic E-state index is 0.369. The first-order chi connectivity index (χ1) is 13.3. The third-order valence-corrected chi connectivity index (χ3v) is 6.46. The van der Waals surface area contributed by atoms with Crippen LogP contribution in [0.3, 0.4) is 0 Å². The van der Waals surface area contributed by atoms with Gasteiger partial charge in [-0.15, -0.1) is 0 Å². The Morgan fingerprint density at radius 1 is 1.18 bits per heavy atom. The molecule has 4 rings (SSSR count). The summed E-state index contributed by atoms with van der Waals surface area (Å²) in [5, 5.41) is 15.9. The summed E-state index contributed by atoms with van der Waals surface area (Å²) in [7, 11) is 0. The zero-order valence-electron chi connectivity index (χ0n) is 16.6. The number of thiocarbonyl (C=S) groups is 1. The molecule has 2 aromatic carbocycles. The number of rotatable bonds is 2. The van der Waals surface area contributed by atoms with E-state index in [1.54, 1.807) is 6.20 Å². The van der Waals surface area contributed by atoms with Gasteiger partial charge >= 0.3 is 0 Å². The molecule has 0 amide bonds. The molecule has 1 aliphatic heterocycles. The Kier molecular flexibility index (Phi) is 4.50. The second kappa shape index (κ2) is 6.74. The van der Waals surface area contributed by atoms with Gasteiger partial charge in [-0.1, -0.05) is 24.4 Å². The summed E-state index contributed by atoms with van der Waals surface area (Å²) < 4.78 is 6.49. The molecule has 144 valence electrons. The van der Waals surface area contributed by atoms with Gasteiger partial charge in [-0.25, -0.2) is 0 Å². The predicted molar refractivity (Wildman–Crippen MR) is 118 cm³/mol. The molecule has 28 heavy (non-hydrogen) atoms. The van der Waals surface area contributed by atoms with Crippen molar-refractivity contribution in [2.45, 2.75) is 46.1 Å². The van der Waals surface area contributed by atoms with Crippen LogP contribution in [0, 0.1) is 20.8 Å². The molecule has 1 unspecified atom stereocenters. The SMILES string of the molecule is Cc1c(C)c2c(c(C)c1O)CCC(C)(C(=S)Nc1cccc3cnccc13)O2. The second-order valence-electron chi connectivity index (χ2n) is 7.72. The lowest BCUT2D eigenvalue weighted by molar-refractivity contribution is 0.134. The summed E-state index contributed by atoms with van der Waals surface area (Å²) in [6.07, 6.45) is 5.20. The highest BCUT2D eigenvalue weighted by Gasteiger charge is 2.38. The smallest absolute Gasteiger partial charge is 0.156 e. The lowest BCUT2D eigenvalue weighted by Crippen LogP contribution is -2.47. The minimum atomic E-state index is -0.613. The molecule has 0 saturated carbocycles. The molecule has 1 aromatic heterocycles. The first kappa shape index (κ1) is 18.7. The minimum Gasteiger partial charge on any atom is -0.507 e. The number of phenols is 1. The van der Waals surface area contributed by atoms with Gasteiger partial charge in [0, 0.05) is 34.4 Å². The van der Waals surface area contributed by atoms with Crippen molar-refractivity contribution in [2.75, 3.05) is 5.32 Å². The van der Waals surface area contributed by atoms with Crippen LogP contribution in [0.5, 0.6) is 11.5 Å². The van der Waals surface area contributed by atoms with Crippen LogP contribution in [0.4, 0.5) is 5.69 Å². The van der Waals surface area contributed by atoms with Gasteiger partial charge in [0.05, 0.1) is 0 Å². The number of phenolic OH excluding ortho intramolecular Hbond substituents is 1. The molecule has 0 fully saturated rings. The molecule has 5 heteroatoms. The number of pyridine rings is 1. The largest absolute Gasteiger partial charge is 0.507 e. The molecular weight excluding hydrogens is 368 g/mol. The van der Waals surface area contributed by atoms with Gasteiger partial charge in [-0.2, -0.15) is 0 Å². The maximum Gasteiger partial charge on any atom is 0.156 e. The van der Waals surface area contributed by atoms with Crippen LogP contribution in [0.1, 0.15) is 35.6 Å². The van der Waals surface area contributed by atoms with E-state index >= 15 is 0 Å². The predicted octanol–water partition coefficient (Wildman–Crippen LogP) is 5.39. The van der Waals surface area contributed by atoms with E-state index in [9.17, 15) is 5.11 Å². The van der Waals surface area contributed by atoms with E-state index in [-0.39, 0.29) is 0 Å². The monoisotopic (exact) mass is 392 g/mol. The Balaban J connectivity index is 1.68. The molecule has 0 saturated heterocycles. The third kappa shape index (κ3) is 2.90. The Bertz CT molecular complexity index is 1100. The Morgan fingerprint density at radius 2 is 1.96 bits per heavy atom. The molecule has 0 bridgehead atoms. The van der Waals surface area contributed by atoms with Crippen LogP contribution in [-0.4, -0.2) is 20.7 Å². The van der Waals surface area contributed by atoms with Gasteiger partial charge < -0.3 is 15.2 Å². The molecule has 0 spiro atoms. The molecule has 0 aliphatic carbocycles. The highest BCUT2D eigenvalue weighted by Crippen LogP contribution is 2.43. The van der Waals surface area contributed by atoms with Crippen molar-refractivity contribution in [3.05, 3.63) is 58.9 Å². The van der Waals surface area contributed by atoms with Gasteiger partial charge in [0.1, 0.15) is 16.5 Å². The van der Waals surface area contributed by atoms with Crippen molar-refractivity contribution in [1.29, 1.82) is 0 Å². The molecule has 2 N–H and O–H groups in total. The summed E-state index contributed by atoms with van der Waals surface area (Å²) >= 11 is 5.80. The molecule has 4 nitrogen and oxygen atoms in total. The Labute approximate surface area is 170 Å². The zero-order chi connectivity index (χ0) is 20.1. The number of nitrogens with one attached hydrogen (secondary N) is 1. The first-order valence-electron chi connectivity index (χ1n) is 9.46. The number of aromatic hydroxyl groups is 1. The van der Waals surface area contributed by atoms with E-state index in [4.69, 9.17) is 17.0 Å². The van der Waals surface area contributed by atoms with Crippen molar-refractivity contribution >= 4 is 33.7 Å². The summed E-state index contributed by atoms with van der Waals surface area (Å²) in [5.74, 6) is 1.22. The second-order valence-corrected chi connectivity index (χ2v) is 8.13. The highest BCUT2D eigenvalue weighted by molar-refractivity contribution is 7.80. The quantitative estimate of drug-likeness (QED) is 0.573. The van der Waals surface area contributed by atoms with E-state index in [1.165, 1.54) is 0 Å². The number of hydrogen-bond donors (Lipinski definition) is 2. The summed E-state index contributed by atoms with van der Waals surface area (Å²) in [4.78, 5) is 4.85. The number of ether oxygens (including phenoxy) is 1.